The summed E-state index contributed by atoms with van der Waals surface area (Å²) >= 11 is 0. The molecule has 0 amide bonds. The molecule has 0 aliphatic heterocycles. The first kappa shape index (κ1) is 23.7. The fraction of sp³-hybridized carbons (Fsp3) is 0.136. The van der Waals surface area contributed by atoms with Crippen molar-refractivity contribution in [2.24, 2.45) is 0 Å². The highest BCUT2D eigenvalue weighted by Crippen LogP contribution is 2.39. The van der Waals surface area contributed by atoms with Gasteiger partial charge < -0.3 is 5.73 Å². The minimum Gasteiger partial charge on any atom is -0.382 e. The van der Waals surface area contributed by atoms with Crippen LogP contribution in [0.4, 0.5) is 27.8 Å². The van der Waals surface area contributed by atoms with Crippen molar-refractivity contribution >= 4 is 11.3 Å². The van der Waals surface area contributed by atoms with E-state index in [4.69, 9.17) is 5.73 Å². The summed E-state index contributed by atoms with van der Waals surface area (Å²) in [7, 11) is 0. The molecule has 0 fully saturated rings. The van der Waals surface area contributed by atoms with Crippen LogP contribution in [0.3, 0.4) is 0 Å². The van der Waals surface area contributed by atoms with Gasteiger partial charge in [0.2, 0.25) is 5.82 Å². The van der Waals surface area contributed by atoms with Crippen LogP contribution >= 0.6 is 0 Å². The molecule has 0 saturated heterocycles. The van der Waals surface area contributed by atoms with E-state index in [0.717, 1.165) is 29.5 Å². The SMILES string of the molecule is CC(c1cn(-c2ccc(F)cc2F)nn1)c1c(C#N)c(-c2cnc(C(F)(F)F)nc2)c2c(N)ncnn12. The zero-order chi connectivity index (χ0) is 26.5. The van der Waals surface area contributed by atoms with Crippen molar-refractivity contribution in [2.45, 2.75) is 19.0 Å². The van der Waals surface area contributed by atoms with Crippen LogP contribution in [0.25, 0.3) is 22.3 Å². The van der Waals surface area contributed by atoms with Gasteiger partial charge in [-0.25, -0.2) is 32.9 Å². The monoisotopic (exact) mass is 512 g/mol. The first-order valence-electron chi connectivity index (χ1n) is 10.4. The van der Waals surface area contributed by atoms with Crippen molar-refractivity contribution in [1.82, 2.24) is 39.6 Å². The molecule has 0 radical (unpaired) electrons. The van der Waals surface area contributed by atoms with Crippen molar-refractivity contribution in [3.05, 3.63) is 77.5 Å². The Balaban J connectivity index is 1.67. The second-order valence-electron chi connectivity index (χ2n) is 7.85. The number of benzene rings is 1. The topological polar surface area (TPSA) is 136 Å². The van der Waals surface area contributed by atoms with Gasteiger partial charge in [-0.15, -0.1) is 5.10 Å². The predicted octanol–water partition coefficient (Wildman–Crippen LogP) is 3.67. The van der Waals surface area contributed by atoms with Crippen LogP contribution in [0.15, 0.2) is 43.1 Å². The number of rotatable bonds is 4. The van der Waals surface area contributed by atoms with Crippen LogP contribution in [0, 0.1) is 23.0 Å². The van der Waals surface area contributed by atoms with E-state index >= 15 is 0 Å². The highest BCUT2D eigenvalue weighted by Gasteiger charge is 2.35. The maximum atomic E-state index is 14.2. The zero-order valence-electron chi connectivity index (χ0n) is 18.6. The summed E-state index contributed by atoms with van der Waals surface area (Å²) in [5, 5.41) is 22.2. The molecule has 1 unspecified atom stereocenters. The van der Waals surface area contributed by atoms with Gasteiger partial charge in [-0.1, -0.05) is 12.1 Å². The summed E-state index contributed by atoms with van der Waals surface area (Å²) in [5.41, 5.74) is 6.96. The number of nitriles is 1. The van der Waals surface area contributed by atoms with E-state index in [1.54, 1.807) is 6.92 Å². The second-order valence-corrected chi connectivity index (χ2v) is 7.85. The van der Waals surface area contributed by atoms with E-state index in [2.05, 4.69) is 36.4 Å². The largest absolute Gasteiger partial charge is 0.451 e. The molecule has 10 nitrogen and oxygen atoms in total. The van der Waals surface area contributed by atoms with Crippen molar-refractivity contribution < 1.29 is 22.0 Å². The fourth-order valence-electron chi connectivity index (χ4n) is 3.93. The number of fused-ring (bicyclic) bond motifs is 1. The Labute approximate surface area is 203 Å². The molecule has 0 aliphatic rings. The Morgan fingerprint density at radius 3 is 2.49 bits per heavy atom. The van der Waals surface area contributed by atoms with Crippen LogP contribution in [0.5, 0.6) is 0 Å². The third-order valence-corrected chi connectivity index (χ3v) is 5.62. The lowest BCUT2D eigenvalue weighted by Crippen LogP contribution is -2.10. The molecule has 1 atom stereocenters. The van der Waals surface area contributed by atoms with Crippen LogP contribution in [0.1, 0.15) is 35.6 Å². The Kier molecular flexibility index (Phi) is 5.51. The highest BCUT2D eigenvalue weighted by atomic mass is 19.4. The normalized spacial score (nSPS) is 12.6. The molecule has 0 saturated carbocycles. The molecule has 1 aromatic carbocycles. The van der Waals surface area contributed by atoms with Crippen LogP contribution < -0.4 is 5.73 Å². The minimum absolute atomic E-state index is 0.0190. The summed E-state index contributed by atoms with van der Waals surface area (Å²) in [5.74, 6) is -3.71. The van der Waals surface area contributed by atoms with Crippen molar-refractivity contribution in [2.75, 3.05) is 5.73 Å². The van der Waals surface area contributed by atoms with Crippen molar-refractivity contribution in [1.29, 1.82) is 5.26 Å². The summed E-state index contributed by atoms with van der Waals surface area (Å²) in [6, 6.07) is 5.01. The Hall–Kier alpha value is -5.00. The maximum Gasteiger partial charge on any atom is 0.451 e. The van der Waals surface area contributed by atoms with Gasteiger partial charge >= 0.3 is 6.18 Å². The number of nitrogens with zero attached hydrogens (tertiary/aromatic N) is 9. The van der Waals surface area contributed by atoms with E-state index in [1.807, 2.05) is 0 Å². The van der Waals surface area contributed by atoms with E-state index in [9.17, 15) is 27.2 Å². The predicted molar refractivity (Wildman–Crippen MR) is 117 cm³/mol. The fourth-order valence-corrected chi connectivity index (χ4v) is 3.93. The molecular weight excluding hydrogens is 499 g/mol. The van der Waals surface area contributed by atoms with Gasteiger partial charge in [-0.2, -0.15) is 23.5 Å². The van der Waals surface area contributed by atoms with E-state index < -0.39 is 29.6 Å². The Morgan fingerprint density at radius 1 is 1.11 bits per heavy atom. The van der Waals surface area contributed by atoms with Gasteiger partial charge in [0.25, 0.3) is 0 Å². The summed E-state index contributed by atoms with van der Waals surface area (Å²) in [4.78, 5) is 10.7. The molecule has 4 aromatic heterocycles. The van der Waals surface area contributed by atoms with E-state index in [0.29, 0.717) is 6.07 Å². The number of aromatic nitrogens is 8. The van der Waals surface area contributed by atoms with Gasteiger partial charge in [0.05, 0.1) is 23.1 Å². The third-order valence-electron chi connectivity index (χ3n) is 5.62. The molecule has 4 heterocycles. The number of halogens is 5. The molecule has 2 N–H and O–H groups in total. The number of nitrogen functional groups attached to an aromatic ring is 1. The Morgan fingerprint density at radius 2 is 1.84 bits per heavy atom. The maximum absolute atomic E-state index is 14.2. The van der Waals surface area contributed by atoms with Crippen LogP contribution in [-0.2, 0) is 6.18 Å². The molecule has 0 aliphatic carbocycles. The summed E-state index contributed by atoms with van der Waals surface area (Å²) < 4.78 is 68.9. The average molecular weight is 512 g/mol. The van der Waals surface area contributed by atoms with E-state index in [-0.39, 0.29) is 45.1 Å². The molecule has 37 heavy (non-hydrogen) atoms. The lowest BCUT2D eigenvalue weighted by atomic mass is 9.97. The van der Waals surface area contributed by atoms with Crippen molar-refractivity contribution in [3.63, 3.8) is 0 Å². The van der Waals surface area contributed by atoms with Gasteiger partial charge in [0, 0.05) is 35.5 Å². The molecule has 15 heteroatoms. The first-order valence-corrected chi connectivity index (χ1v) is 10.4. The van der Waals surface area contributed by atoms with Gasteiger partial charge in [-0.05, 0) is 12.1 Å². The highest BCUT2D eigenvalue weighted by molar-refractivity contribution is 5.92. The lowest BCUT2D eigenvalue weighted by molar-refractivity contribution is -0.144. The first-order chi connectivity index (χ1) is 17.6. The third kappa shape index (κ3) is 3.97. The van der Waals surface area contributed by atoms with Crippen LogP contribution in [-0.4, -0.2) is 39.6 Å². The standard InChI is InChI=1S/C22H13F5N10/c1-10(15-8-36(35-34-15)16-3-2-12(23)4-14(16)24)18-13(5-28)17(19-20(29)32-9-33-37(18)19)11-6-30-21(31-7-11)22(25,26)27/h2-4,6-10H,1H3,(H2,29,32,33). The van der Waals surface area contributed by atoms with E-state index in [1.165, 1.54) is 16.8 Å². The minimum atomic E-state index is -4.75. The number of anilines is 1. The molecule has 5 rings (SSSR count). The van der Waals surface area contributed by atoms with Crippen LogP contribution in [0.2, 0.25) is 0 Å². The lowest BCUT2D eigenvalue weighted by Gasteiger charge is -2.09. The van der Waals surface area contributed by atoms with Crippen molar-refractivity contribution in [3.8, 4) is 22.9 Å². The average Bonchev–Trinajstić information content (AvgIpc) is 3.47. The number of alkyl halides is 3. The summed E-state index contributed by atoms with van der Waals surface area (Å²) in [6.45, 7) is 1.67. The number of nitrogens with two attached hydrogens (primary N) is 1. The zero-order valence-corrected chi connectivity index (χ0v) is 18.6. The number of hydrogen-bond acceptors (Lipinski definition) is 8. The quantitative estimate of drug-likeness (QED) is 0.360. The molecule has 0 bridgehead atoms. The summed E-state index contributed by atoms with van der Waals surface area (Å²) in [6.07, 6.45) is -0.345. The van der Waals surface area contributed by atoms with Gasteiger partial charge in [0.15, 0.2) is 11.6 Å². The number of hydrogen-bond donors (Lipinski definition) is 1. The molecule has 5 aromatic rings. The molecular formula is C22H13F5N10. The van der Waals surface area contributed by atoms with Gasteiger partial charge in [0.1, 0.15) is 29.4 Å². The van der Waals surface area contributed by atoms with Gasteiger partial charge in [-0.3, -0.25) is 0 Å². The smallest absolute Gasteiger partial charge is 0.382 e. The Bertz CT molecular complexity index is 1680. The second kappa shape index (κ2) is 8.59. The molecule has 186 valence electrons. The molecule has 0 spiro atoms.